The average Bonchev–Trinajstić information content (AvgIpc) is 2.90. The van der Waals surface area contributed by atoms with Crippen molar-refractivity contribution < 1.29 is 17.9 Å². The van der Waals surface area contributed by atoms with E-state index in [4.69, 9.17) is 10.5 Å². The number of benzene rings is 1. The lowest BCUT2D eigenvalue weighted by atomic mass is 10.1. The largest absolute Gasteiger partial charge is 0.417 e. The predicted molar refractivity (Wildman–Crippen MR) is 79.4 cm³/mol. The van der Waals surface area contributed by atoms with Gasteiger partial charge in [-0.3, -0.25) is 0 Å². The molecule has 0 aliphatic carbocycles. The second-order valence-electron chi connectivity index (χ2n) is 4.97. The summed E-state index contributed by atoms with van der Waals surface area (Å²) in [5.74, 6) is 0. The van der Waals surface area contributed by atoms with Crippen LogP contribution in [-0.4, -0.2) is 24.2 Å². The van der Waals surface area contributed by atoms with E-state index in [0.29, 0.717) is 12.2 Å². The van der Waals surface area contributed by atoms with Crippen LogP contribution < -0.4 is 11.1 Å². The molecular formula is C14H17F3N2OS. The van der Waals surface area contributed by atoms with Crippen LogP contribution in [-0.2, 0) is 10.9 Å². The maximum atomic E-state index is 13.0. The van der Waals surface area contributed by atoms with Crippen LogP contribution in [0.15, 0.2) is 18.2 Å². The SMILES string of the molecule is NC(=S)c1ccc(NCCC2CCCO2)cc1C(F)(F)F. The maximum absolute atomic E-state index is 13.0. The molecular weight excluding hydrogens is 301 g/mol. The molecule has 3 N–H and O–H groups in total. The summed E-state index contributed by atoms with van der Waals surface area (Å²) in [6.45, 7) is 1.33. The smallest absolute Gasteiger partial charge is 0.389 e. The Morgan fingerprint density at radius 1 is 1.43 bits per heavy atom. The summed E-state index contributed by atoms with van der Waals surface area (Å²) < 4.78 is 44.4. The highest BCUT2D eigenvalue weighted by molar-refractivity contribution is 7.80. The molecule has 0 radical (unpaired) electrons. The quantitative estimate of drug-likeness (QED) is 0.818. The second-order valence-corrected chi connectivity index (χ2v) is 5.41. The first-order valence-electron chi connectivity index (χ1n) is 6.74. The van der Waals surface area contributed by atoms with Crippen molar-refractivity contribution in [2.24, 2.45) is 5.73 Å². The molecule has 0 spiro atoms. The summed E-state index contributed by atoms with van der Waals surface area (Å²) in [4.78, 5) is -0.256. The first kappa shape index (κ1) is 16.0. The molecule has 7 heteroatoms. The third kappa shape index (κ3) is 4.31. The van der Waals surface area contributed by atoms with Gasteiger partial charge in [0.05, 0.1) is 11.7 Å². The van der Waals surface area contributed by atoms with E-state index < -0.39 is 11.7 Å². The summed E-state index contributed by atoms with van der Waals surface area (Å²) in [5, 5.41) is 2.99. The van der Waals surface area contributed by atoms with E-state index in [2.05, 4.69) is 17.5 Å². The molecule has 1 aliphatic rings. The zero-order valence-electron chi connectivity index (χ0n) is 11.4. The van der Waals surface area contributed by atoms with Gasteiger partial charge in [-0.05, 0) is 37.5 Å². The van der Waals surface area contributed by atoms with Gasteiger partial charge in [0.25, 0.3) is 0 Å². The first-order valence-corrected chi connectivity index (χ1v) is 7.15. The van der Waals surface area contributed by atoms with Gasteiger partial charge in [-0.2, -0.15) is 13.2 Å². The van der Waals surface area contributed by atoms with Crippen LogP contribution in [0.5, 0.6) is 0 Å². The fourth-order valence-electron chi connectivity index (χ4n) is 2.35. The Morgan fingerprint density at radius 2 is 2.19 bits per heavy atom. The molecule has 0 bridgehead atoms. The van der Waals surface area contributed by atoms with E-state index in [0.717, 1.165) is 31.9 Å². The number of hydrogen-bond donors (Lipinski definition) is 2. The van der Waals surface area contributed by atoms with Crippen LogP contribution in [0.2, 0.25) is 0 Å². The van der Waals surface area contributed by atoms with Gasteiger partial charge < -0.3 is 15.8 Å². The van der Waals surface area contributed by atoms with Crippen LogP contribution in [0.1, 0.15) is 30.4 Å². The van der Waals surface area contributed by atoms with Crippen LogP contribution in [0.25, 0.3) is 0 Å². The molecule has 1 atom stereocenters. The molecule has 1 aromatic carbocycles. The van der Waals surface area contributed by atoms with Gasteiger partial charge in [0.1, 0.15) is 4.99 Å². The number of thiocarbonyl (C=S) groups is 1. The minimum atomic E-state index is -4.48. The Bertz CT molecular complexity index is 513. The van der Waals surface area contributed by atoms with E-state index in [9.17, 15) is 13.2 Å². The third-order valence-electron chi connectivity index (χ3n) is 3.41. The van der Waals surface area contributed by atoms with Crippen LogP contribution in [0, 0.1) is 0 Å². The zero-order chi connectivity index (χ0) is 15.5. The lowest BCUT2D eigenvalue weighted by Gasteiger charge is -2.15. The normalized spacial score (nSPS) is 18.7. The van der Waals surface area contributed by atoms with Crippen molar-refractivity contribution in [2.45, 2.75) is 31.5 Å². The lowest BCUT2D eigenvalue weighted by Crippen LogP contribution is -2.18. The Kier molecular flexibility index (Phi) is 5.05. The number of nitrogens with one attached hydrogen (secondary N) is 1. The predicted octanol–water partition coefficient (Wildman–Crippen LogP) is 3.32. The molecule has 1 unspecified atom stereocenters. The molecule has 0 amide bonds. The van der Waals surface area contributed by atoms with Crippen molar-refractivity contribution in [1.82, 2.24) is 0 Å². The summed E-state index contributed by atoms with van der Waals surface area (Å²) in [6.07, 6.45) is -1.44. The fraction of sp³-hybridized carbons (Fsp3) is 0.500. The molecule has 0 aromatic heterocycles. The number of hydrogen-bond acceptors (Lipinski definition) is 3. The van der Waals surface area contributed by atoms with Crippen LogP contribution in [0.3, 0.4) is 0 Å². The minimum absolute atomic E-state index is 0.151. The van der Waals surface area contributed by atoms with Crippen molar-refractivity contribution in [3.05, 3.63) is 29.3 Å². The van der Waals surface area contributed by atoms with Gasteiger partial charge in [-0.25, -0.2) is 0 Å². The van der Waals surface area contributed by atoms with E-state index in [-0.39, 0.29) is 16.7 Å². The van der Waals surface area contributed by atoms with Crippen molar-refractivity contribution in [2.75, 3.05) is 18.5 Å². The summed E-state index contributed by atoms with van der Waals surface area (Å²) >= 11 is 4.66. The van der Waals surface area contributed by atoms with Crippen LogP contribution >= 0.6 is 12.2 Å². The second kappa shape index (κ2) is 6.62. The fourth-order valence-corrected chi connectivity index (χ4v) is 2.53. The Hall–Kier alpha value is -1.34. The molecule has 1 heterocycles. The van der Waals surface area contributed by atoms with Crippen molar-refractivity contribution in [3.8, 4) is 0 Å². The zero-order valence-corrected chi connectivity index (χ0v) is 12.2. The first-order chi connectivity index (χ1) is 9.88. The Balaban J connectivity index is 2.04. The van der Waals surface area contributed by atoms with Gasteiger partial charge in [0.2, 0.25) is 0 Å². The minimum Gasteiger partial charge on any atom is -0.389 e. The molecule has 1 aromatic rings. The van der Waals surface area contributed by atoms with E-state index in [1.807, 2.05) is 0 Å². The van der Waals surface area contributed by atoms with Gasteiger partial charge in [-0.1, -0.05) is 12.2 Å². The number of nitrogens with two attached hydrogens (primary N) is 1. The molecule has 2 rings (SSSR count). The third-order valence-corrected chi connectivity index (χ3v) is 3.63. The number of alkyl halides is 3. The topological polar surface area (TPSA) is 47.3 Å². The van der Waals surface area contributed by atoms with Crippen molar-refractivity contribution >= 4 is 22.9 Å². The molecule has 1 fully saturated rings. The lowest BCUT2D eigenvalue weighted by molar-refractivity contribution is -0.137. The standard InChI is InChI=1S/C14H17F3N2OS/c15-14(16,17)12-8-9(3-4-11(12)13(18)21)19-6-5-10-2-1-7-20-10/h3-4,8,10,19H,1-2,5-7H2,(H2,18,21). The number of ether oxygens (including phenoxy) is 1. The molecule has 1 saturated heterocycles. The summed E-state index contributed by atoms with van der Waals surface area (Å²) in [7, 11) is 0. The van der Waals surface area contributed by atoms with Gasteiger partial charge in [-0.15, -0.1) is 0 Å². The van der Waals surface area contributed by atoms with Crippen molar-refractivity contribution in [1.29, 1.82) is 0 Å². The number of anilines is 1. The molecule has 21 heavy (non-hydrogen) atoms. The maximum Gasteiger partial charge on any atom is 0.417 e. The van der Waals surface area contributed by atoms with E-state index >= 15 is 0 Å². The van der Waals surface area contributed by atoms with Crippen LogP contribution in [0.4, 0.5) is 18.9 Å². The summed E-state index contributed by atoms with van der Waals surface area (Å²) in [6, 6.07) is 3.91. The van der Waals surface area contributed by atoms with E-state index in [1.54, 1.807) is 6.07 Å². The molecule has 3 nitrogen and oxygen atoms in total. The van der Waals surface area contributed by atoms with Gasteiger partial charge >= 0.3 is 6.18 Å². The molecule has 1 aliphatic heterocycles. The Morgan fingerprint density at radius 3 is 2.76 bits per heavy atom. The monoisotopic (exact) mass is 318 g/mol. The highest BCUT2D eigenvalue weighted by Crippen LogP contribution is 2.33. The highest BCUT2D eigenvalue weighted by Gasteiger charge is 2.34. The number of rotatable bonds is 5. The molecule has 0 saturated carbocycles. The average molecular weight is 318 g/mol. The van der Waals surface area contributed by atoms with Crippen molar-refractivity contribution in [3.63, 3.8) is 0 Å². The highest BCUT2D eigenvalue weighted by atomic mass is 32.1. The van der Waals surface area contributed by atoms with E-state index in [1.165, 1.54) is 6.07 Å². The molecule has 116 valence electrons. The summed E-state index contributed by atoms with van der Waals surface area (Å²) in [5.41, 5.74) is 4.78. The van der Waals surface area contributed by atoms with Gasteiger partial charge in [0.15, 0.2) is 0 Å². The Labute approximate surface area is 126 Å². The number of halogens is 3. The van der Waals surface area contributed by atoms with Gasteiger partial charge in [0, 0.05) is 24.4 Å².